The van der Waals surface area contributed by atoms with Crippen molar-refractivity contribution in [1.29, 1.82) is 5.26 Å². The highest BCUT2D eigenvalue weighted by atomic mass is 14.9. The summed E-state index contributed by atoms with van der Waals surface area (Å²) >= 11 is 0. The molecule has 3 heteroatoms. The van der Waals surface area contributed by atoms with Crippen molar-refractivity contribution in [2.45, 2.75) is 37.5 Å². The summed E-state index contributed by atoms with van der Waals surface area (Å²) in [6.45, 7) is 0. The first-order valence-corrected chi connectivity index (χ1v) is 17.6. The van der Waals surface area contributed by atoms with E-state index >= 15 is 0 Å². The standard InChI is InChI=1S/C47H35N3/c48-31-32-20-25-40-42(28-32)47(26-8-3-9-27-47)41-19-11-18-39(45(40)41)34-23-21-33(22-24-34)37-16-10-17-38(29-37)44-30-43(35-12-4-1-5-13-35)49-46(50-44)36-14-6-2-7-15-36/h1-2,4-7,10-25,28-30H,3,8-9,26-27H2. The Hall–Kier alpha value is -6.11. The van der Waals surface area contributed by atoms with Crippen LogP contribution in [0.4, 0.5) is 0 Å². The van der Waals surface area contributed by atoms with Crippen molar-refractivity contribution in [1.82, 2.24) is 9.97 Å². The largest absolute Gasteiger partial charge is 0.228 e. The topological polar surface area (TPSA) is 49.6 Å². The third-order valence-electron chi connectivity index (χ3n) is 10.7. The molecule has 0 aliphatic heterocycles. The Morgan fingerprint density at radius 1 is 0.460 bits per heavy atom. The van der Waals surface area contributed by atoms with Crippen molar-refractivity contribution in [3.05, 3.63) is 168 Å². The predicted octanol–water partition coefficient (Wildman–Crippen LogP) is 11.9. The molecular weight excluding hydrogens is 607 g/mol. The molecule has 238 valence electrons. The van der Waals surface area contributed by atoms with Crippen LogP contribution in [-0.2, 0) is 5.41 Å². The summed E-state index contributed by atoms with van der Waals surface area (Å²) in [7, 11) is 0. The molecule has 0 atom stereocenters. The van der Waals surface area contributed by atoms with Gasteiger partial charge < -0.3 is 0 Å². The molecule has 7 aromatic rings. The molecule has 1 fully saturated rings. The Kier molecular flexibility index (Phi) is 7.44. The van der Waals surface area contributed by atoms with E-state index in [1.165, 1.54) is 52.6 Å². The van der Waals surface area contributed by atoms with Gasteiger partial charge in [0, 0.05) is 22.1 Å². The van der Waals surface area contributed by atoms with E-state index in [9.17, 15) is 5.26 Å². The Balaban J connectivity index is 1.09. The molecule has 2 aliphatic carbocycles. The number of aromatic nitrogens is 2. The van der Waals surface area contributed by atoms with Gasteiger partial charge in [0.15, 0.2) is 5.82 Å². The second-order valence-corrected chi connectivity index (χ2v) is 13.6. The van der Waals surface area contributed by atoms with Gasteiger partial charge in [0.1, 0.15) is 0 Å². The van der Waals surface area contributed by atoms with Gasteiger partial charge in [-0.2, -0.15) is 5.26 Å². The maximum Gasteiger partial charge on any atom is 0.160 e. The Morgan fingerprint density at radius 3 is 1.84 bits per heavy atom. The van der Waals surface area contributed by atoms with Crippen LogP contribution in [0.5, 0.6) is 0 Å². The minimum atomic E-state index is 0.00785. The van der Waals surface area contributed by atoms with Crippen molar-refractivity contribution in [3.63, 3.8) is 0 Å². The van der Waals surface area contributed by atoms with Crippen molar-refractivity contribution >= 4 is 0 Å². The first-order valence-electron chi connectivity index (χ1n) is 17.6. The molecule has 3 nitrogen and oxygen atoms in total. The number of benzene rings is 6. The molecule has 6 aromatic carbocycles. The van der Waals surface area contributed by atoms with Gasteiger partial charge in [-0.1, -0.05) is 147 Å². The number of fused-ring (bicyclic) bond motifs is 5. The predicted molar refractivity (Wildman–Crippen MR) is 203 cm³/mol. The molecule has 0 N–H and O–H groups in total. The molecule has 1 saturated carbocycles. The average molecular weight is 642 g/mol. The summed E-state index contributed by atoms with van der Waals surface area (Å²) in [5, 5.41) is 9.77. The molecular formula is C47H35N3. The van der Waals surface area contributed by atoms with E-state index in [-0.39, 0.29) is 5.41 Å². The molecule has 0 bridgehead atoms. The van der Waals surface area contributed by atoms with Gasteiger partial charge in [-0.25, -0.2) is 9.97 Å². The molecule has 0 radical (unpaired) electrons. The molecule has 1 aromatic heterocycles. The van der Waals surface area contributed by atoms with Gasteiger partial charge in [0.25, 0.3) is 0 Å². The lowest BCUT2D eigenvalue weighted by atomic mass is 9.67. The summed E-state index contributed by atoms with van der Waals surface area (Å²) in [5.74, 6) is 0.715. The van der Waals surface area contributed by atoms with Gasteiger partial charge in [0.05, 0.1) is 23.0 Å². The molecule has 2 aliphatic rings. The van der Waals surface area contributed by atoms with Gasteiger partial charge in [-0.3, -0.25) is 0 Å². The van der Waals surface area contributed by atoms with E-state index in [2.05, 4.69) is 115 Å². The second-order valence-electron chi connectivity index (χ2n) is 13.6. The van der Waals surface area contributed by atoms with Gasteiger partial charge in [-0.05, 0) is 81.6 Å². The second kappa shape index (κ2) is 12.4. The monoisotopic (exact) mass is 641 g/mol. The van der Waals surface area contributed by atoms with Crippen LogP contribution in [-0.4, -0.2) is 9.97 Å². The first kappa shape index (κ1) is 30.0. The van der Waals surface area contributed by atoms with E-state index in [1.807, 2.05) is 42.5 Å². The van der Waals surface area contributed by atoms with E-state index in [4.69, 9.17) is 9.97 Å². The van der Waals surface area contributed by atoms with Crippen LogP contribution in [0.2, 0.25) is 0 Å². The third kappa shape index (κ3) is 5.13. The molecule has 1 heterocycles. The van der Waals surface area contributed by atoms with Gasteiger partial charge in [-0.15, -0.1) is 0 Å². The van der Waals surface area contributed by atoms with Crippen molar-refractivity contribution in [2.24, 2.45) is 0 Å². The molecule has 0 amide bonds. The van der Waals surface area contributed by atoms with Crippen LogP contribution in [0.25, 0.3) is 67.3 Å². The quantitative estimate of drug-likeness (QED) is 0.188. The summed E-state index contributed by atoms with van der Waals surface area (Å²) in [5.41, 5.74) is 15.9. The Morgan fingerprint density at radius 2 is 1.10 bits per heavy atom. The van der Waals surface area contributed by atoms with E-state index in [0.29, 0.717) is 5.82 Å². The zero-order valence-corrected chi connectivity index (χ0v) is 27.8. The molecule has 0 saturated heterocycles. The molecule has 50 heavy (non-hydrogen) atoms. The van der Waals surface area contributed by atoms with Crippen LogP contribution in [0, 0.1) is 11.3 Å². The Bertz CT molecular complexity index is 2340. The highest BCUT2D eigenvalue weighted by Crippen LogP contribution is 2.58. The highest BCUT2D eigenvalue weighted by molar-refractivity contribution is 5.93. The zero-order chi connectivity index (χ0) is 33.5. The molecule has 0 unspecified atom stereocenters. The first-order chi connectivity index (χ1) is 24.7. The summed E-state index contributed by atoms with van der Waals surface area (Å²) in [6, 6.07) is 55.8. The van der Waals surface area contributed by atoms with Gasteiger partial charge >= 0.3 is 0 Å². The van der Waals surface area contributed by atoms with Crippen LogP contribution in [0.3, 0.4) is 0 Å². The summed E-state index contributed by atoms with van der Waals surface area (Å²) in [4.78, 5) is 10.0. The summed E-state index contributed by atoms with van der Waals surface area (Å²) in [6.07, 6.45) is 6.03. The van der Waals surface area contributed by atoms with E-state index in [0.717, 1.165) is 57.6 Å². The van der Waals surface area contributed by atoms with E-state index in [1.54, 1.807) is 0 Å². The van der Waals surface area contributed by atoms with Crippen molar-refractivity contribution in [3.8, 4) is 73.4 Å². The van der Waals surface area contributed by atoms with Crippen LogP contribution >= 0.6 is 0 Å². The van der Waals surface area contributed by atoms with Crippen molar-refractivity contribution < 1.29 is 0 Å². The third-order valence-corrected chi connectivity index (χ3v) is 10.7. The Labute approximate surface area is 293 Å². The number of rotatable bonds is 5. The maximum absolute atomic E-state index is 9.77. The number of hydrogen-bond acceptors (Lipinski definition) is 3. The van der Waals surface area contributed by atoms with E-state index < -0.39 is 0 Å². The lowest BCUT2D eigenvalue weighted by Crippen LogP contribution is -2.28. The minimum absolute atomic E-state index is 0.00785. The smallest absolute Gasteiger partial charge is 0.160 e. The van der Waals surface area contributed by atoms with Gasteiger partial charge in [0.2, 0.25) is 0 Å². The zero-order valence-electron chi connectivity index (χ0n) is 27.8. The lowest BCUT2D eigenvalue weighted by molar-refractivity contribution is 0.353. The number of nitrogens with zero attached hydrogens (tertiary/aromatic N) is 3. The highest BCUT2D eigenvalue weighted by Gasteiger charge is 2.44. The van der Waals surface area contributed by atoms with Crippen molar-refractivity contribution in [2.75, 3.05) is 0 Å². The number of hydrogen-bond donors (Lipinski definition) is 0. The summed E-state index contributed by atoms with van der Waals surface area (Å²) < 4.78 is 0. The van der Waals surface area contributed by atoms with Crippen LogP contribution < -0.4 is 0 Å². The van der Waals surface area contributed by atoms with Crippen LogP contribution in [0.1, 0.15) is 48.8 Å². The van der Waals surface area contributed by atoms with Crippen LogP contribution in [0.15, 0.2) is 152 Å². The fourth-order valence-corrected chi connectivity index (χ4v) is 8.32. The fraction of sp³-hybridized carbons (Fsp3) is 0.128. The number of nitriles is 1. The molecule has 1 spiro atoms. The average Bonchev–Trinajstić information content (AvgIpc) is 3.46. The molecule has 9 rings (SSSR count). The normalized spacial score (nSPS) is 14.1. The SMILES string of the molecule is N#Cc1ccc2c(c1)C1(CCCCC1)c1cccc(-c3ccc(-c4cccc(-c5cc(-c6ccccc6)nc(-c6ccccc6)n5)c4)cc3)c1-2. The maximum atomic E-state index is 9.77. The lowest BCUT2D eigenvalue weighted by Gasteiger charge is -2.36. The fourth-order valence-electron chi connectivity index (χ4n) is 8.32. The minimum Gasteiger partial charge on any atom is -0.228 e.